The molecule has 0 aliphatic carbocycles. The van der Waals surface area contributed by atoms with Crippen molar-refractivity contribution in [3.05, 3.63) is 77.0 Å². The molecule has 0 unspecified atom stereocenters. The van der Waals surface area contributed by atoms with E-state index in [-0.39, 0.29) is 5.56 Å². The molecule has 3 heterocycles. The standard InChI is InChI=1S/C20H19N5O3S/c1-13-10-17(25-9-8-21-20(26)18(13)25)16-11-15(24-29(2,27)28)12-22-19(16)23-14-6-4-3-5-7-14/h3-12,24H,1-2H3,(H,21,26)(H,22,23). The van der Waals surface area contributed by atoms with Gasteiger partial charge in [0, 0.05) is 23.6 Å². The van der Waals surface area contributed by atoms with Crippen molar-refractivity contribution >= 4 is 32.7 Å². The van der Waals surface area contributed by atoms with Crippen molar-refractivity contribution in [3.63, 3.8) is 0 Å². The number of fused-ring (bicyclic) bond motifs is 1. The molecule has 8 nitrogen and oxygen atoms in total. The van der Waals surface area contributed by atoms with E-state index < -0.39 is 10.0 Å². The van der Waals surface area contributed by atoms with Crippen LogP contribution in [-0.2, 0) is 10.0 Å². The molecule has 9 heteroatoms. The normalized spacial score (nSPS) is 11.5. The molecule has 148 valence electrons. The maximum atomic E-state index is 12.3. The van der Waals surface area contributed by atoms with Gasteiger partial charge in [-0.2, -0.15) is 0 Å². The Morgan fingerprint density at radius 3 is 2.59 bits per heavy atom. The Hall–Kier alpha value is -3.59. The van der Waals surface area contributed by atoms with E-state index in [1.807, 2.05) is 43.3 Å². The average Bonchev–Trinajstić information content (AvgIpc) is 3.00. The zero-order valence-electron chi connectivity index (χ0n) is 15.8. The molecule has 0 aliphatic heterocycles. The van der Waals surface area contributed by atoms with Gasteiger partial charge in [-0.15, -0.1) is 0 Å². The first-order valence-electron chi connectivity index (χ1n) is 8.81. The number of hydrogen-bond acceptors (Lipinski definition) is 5. The van der Waals surface area contributed by atoms with Crippen molar-refractivity contribution < 1.29 is 8.42 Å². The van der Waals surface area contributed by atoms with Crippen LogP contribution in [0.5, 0.6) is 0 Å². The van der Waals surface area contributed by atoms with Gasteiger partial charge in [0.2, 0.25) is 10.0 Å². The Balaban J connectivity index is 1.93. The lowest BCUT2D eigenvalue weighted by atomic mass is 10.1. The molecule has 3 aromatic heterocycles. The maximum Gasteiger partial charge on any atom is 0.272 e. The Kier molecular flexibility index (Phi) is 4.59. The molecule has 3 N–H and O–H groups in total. The Morgan fingerprint density at radius 2 is 1.86 bits per heavy atom. The zero-order valence-corrected chi connectivity index (χ0v) is 16.6. The second-order valence-corrected chi connectivity index (χ2v) is 8.45. The van der Waals surface area contributed by atoms with Crippen LogP contribution in [0, 0.1) is 6.92 Å². The summed E-state index contributed by atoms with van der Waals surface area (Å²) in [6.07, 6.45) is 5.85. The number of anilines is 3. The SMILES string of the molecule is Cc1cc(-c2cc(NS(C)(=O)=O)cnc2Nc2ccccc2)n2cc[nH]c(=O)c12. The number of aromatic amines is 1. The number of pyridine rings is 1. The van der Waals surface area contributed by atoms with E-state index >= 15 is 0 Å². The lowest BCUT2D eigenvalue weighted by Crippen LogP contribution is -2.11. The minimum Gasteiger partial charge on any atom is -0.340 e. The number of H-pyrrole nitrogens is 1. The van der Waals surface area contributed by atoms with E-state index in [9.17, 15) is 13.2 Å². The zero-order chi connectivity index (χ0) is 20.6. The van der Waals surface area contributed by atoms with Crippen LogP contribution in [0.2, 0.25) is 0 Å². The summed E-state index contributed by atoms with van der Waals surface area (Å²) in [4.78, 5) is 19.4. The van der Waals surface area contributed by atoms with Gasteiger partial charge in [0.05, 0.1) is 23.8 Å². The van der Waals surface area contributed by atoms with Gasteiger partial charge in [-0.3, -0.25) is 9.52 Å². The van der Waals surface area contributed by atoms with E-state index in [1.165, 1.54) is 6.20 Å². The number of sulfonamides is 1. The van der Waals surface area contributed by atoms with E-state index in [0.717, 1.165) is 17.5 Å². The predicted octanol–water partition coefficient (Wildman–Crippen LogP) is 3.11. The van der Waals surface area contributed by atoms with Gasteiger partial charge in [-0.25, -0.2) is 13.4 Å². The summed E-state index contributed by atoms with van der Waals surface area (Å²) in [5.74, 6) is 0.537. The van der Waals surface area contributed by atoms with Gasteiger partial charge in [-0.05, 0) is 36.8 Å². The Bertz CT molecular complexity index is 1360. The first-order valence-corrected chi connectivity index (χ1v) is 10.7. The molecular formula is C20H19N5O3S. The van der Waals surface area contributed by atoms with Crippen molar-refractivity contribution in [1.29, 1.82) is 0 Å². The first kappa shape index (κ1) is 18.8. The van der Waals surface area contributed by atoms with E-state index in [2.05, 4.69) is 20.0 Å². The van der Waals surface area contributed by atoms with E-state index in [1.54, 1.807) is 22.9 Å². The number of benzene rings is 1. The molecule has 4 aromatic rings. The Labute approximate surface area is 167 Å². The van der Waals surface area contributed by atoms with Crippen LogP contribution < -0.4 is 15.6 Å². The summed E-state index contributed by atoms with van der Waals surface area (Å²) in [5, 5.41) is 3.26. The van der Waals surface area contributed by atoms with Crippen molar-refractivity contribution in [1.82, 2.24) is 14.4 Å². The minimum atomic E-state index is -3.46. The summed E-state index contributed by atoms with van der Waals surface area (Å²) >= 11 is 0. The Morgan fingerprint density at radius 1 is 1.10 bits per heavy atom. The highest BCUT2D eigenvalue weighted by atomic mass is 32.2. The van der Waals surface area contributed by atoms with Crippen molar-refractivity contribution in [2.75, 3.05) is 16.3 Å². The van der Waals surface area contributed by atoms with E-state index in [0.29, 0.717) is 28.3 Å². The molecule has 4 rings (SSSR count). The summed E-state index contributed by atoms with van der Waals surface area (Å²) in [6, 6.07) is 13.1. The first-order chi connectivity index (χ1) is 13.8. The van der Waals surface area contributed by atoms with Crippen LogP contribution in [0.25, 0.3) is 16.8 Å². The summed E-state index contributed by atoms with van der Waals surface area (Å²) in [5.41, 5.74) is 3.65. The lowest BCUT2D eigenvalue weighted by Gasteiger charge is -2.14. The number of hydrogen-bond donors (Lipinski definition) is 3. The molecule has 0 amide bonds. The topological polar surface area (TPSA) is 108 Å². The quantitative estimate of drug-likeness (QED) is 0.469. The fourth-order valence-corrected chi connectivity index (χ4v) is 3.79. The fourth-order valence-electron chi connectivity index (χ4n) is 3.25. The fraction of sp³-hybridized carbons (Fsp3) is 0.100. The van der Waals surface area contributed by atoms with Crippen LogP contribution in [0.1, 0.15) is 5.56 Å². The summed E-state index contributed by atoms with van der Waals surface area (Å²) in [6.45, 7) is 1.85. The molecule has 0 saturated heterocycles. The van der Waals surface area contributed by atoms with Crippen molar-refractivity contribution in [3.8, 4) is 11.3 Å². The van der Waals surface area contributed by atoms with Gasteiger partial charge in [0.1, 0.15) is 11.3 Å². The second kappa shape index (κ2) is 7.10. The van der Waals surface area contributed by atoms with Gasteiger partial charge in [0.25, 0.3) is 5.56 Å². The van der Waals surface area contributed by atoms with Crippen LogP contribution in [0.15, 0.2) is 65.8 Å². The molecule has 1 aromatic carbocycles. The minimum absolute atomic E-state index is 0.202. The highest BCUT2D eigenvalue weighted by Gasteiger charge is 2.16. The monoisotopic (exact) mass is 409 g/mol. The number of aromatic nitrogens is 3. The van der Waals surface area contributed by atoms with Crippen LogP contribution in [0.4, 0.5) is 17.2 Å². The molecule has 0 bridgehead atoms. The maximum absolute atomic E-state index is 12.3. The number of rotatable bonds is 5. The number of aryl methyl sites for hydroxylation is 1. The van der Waals surface area contributed by atoms with Crippen molar-refractivity contribution in [2.45, 2.75) is 6.92 Å². The number of nitrogens with zero attached hydrogens (tertiary/aromatic N) is 2. The molecule has 0 atom stereocenters. The van der Waals surface area contributed by atoms with Gasteiger partial charge in [-0.1, -0.05) is 18.2 Å². The molecule has 0 aliphatic rings. The highest BCUT2D eigenvalue weighted by molar-refractivity contribution is 7.92. The van der Waals surface area contributed by atoms with E-state index in [4.69, 9.17) is 0 Å². The van der Waals surface area contributed by atoms with Gasteiger partial charge in [0.15, 0.2) is 0 Å². The molecule has 0 saturated carbocycles. The highest BCUT2D eigenvalue weighted by Crippen LogP contribution is 2.33. The average molecular weight is 409 g/mol. The third-order valence-electron chi connectivity index (χ3n) is 4.38. The molecule has 29 heavy (non-hydrogen) atoms. The largest absolute Gasteiger partial charge is 0.340 e. The molecule has 0 spiro atoms. The van der Waals surface area contributed by atoms with Gasteiger partial charge >= 0.3 is 0 Å². The molecular weight excluding hydrogens is 390 g/mol. The smallest absolute Gasteiger partial charge is 0.272 e. The molecule has 0 fully saturated rings. The van der Waals surface area contributed by atoms with Crippen LogP contribution in [-0.4, -0.2) is 29.0 Å². The third kappa shape index (κ3) is 3.85. The van der Waals surface area contributed by atoms with Crippen LogP contribution in [0.3, 0.4) is 0 Å². The lowest BCUT2D eigenvalue weighted by molar-refractivity contribution is 0.607. The molecule has 0 radical (unpaired) electrons. The summed E-state index contributed by atoms with van der Waals surface area (Å²) < 4.78 is 27.6. The van der Waals surface area contributed by atoms with Gasteiger partial charge < -0.3 is 14.7 Å². The van der Waals surface area contributed by atoms with Crippen molar-refractivity contribution in [2.24, 2.45) is 0 Å². The second-order valence-electron chi connectivity index (χ2n) is 6.71. The third-order valence-corrected chi connectivity index (χ3v) is 4.99. The predicted molar refractivity (Wildman–Crippen MR) is 114 cm³/mol. The number of nitrogens with one attached hydrogen (secondary N) is 3. The summed E-state index contributed by atoms with van der Waals surface area (Å²) in [7, 11) is -3.46. The van der Waals surface area contributed by atoms with Crippen LogP contribution >= 0.6 is 0 Å². The number of para-hydroxylation sites is 1.